The number of para-hydroxylation sites is 1. The molecule has 0 aromatic heterocycles. The first kappa shape index (κ1) is 19.7. The Morgan fingerprint density at radius 3 is 2.37 bits per heavy atom. The summed E-state index contributed by atoms with van der Waals surface area (Å²) in [5.74, 6) is 1.31. The molecule has 30 heavy (non-hydrogen) atoms. The lowest BCUT2D eigenvalue weighted by atomic mass is 10.1. The largest absolute Gasteiger partial charge is 0.493 e. The lowest BCUT2D eigenvalue weighted by Crippen LogP contribution is -2.27. The zero-order valence-electron chi connectivity index (χ0n) is 17.0. The summed E-state index contributed by atoms with van der Waals surface area (Å²) < 4.78 is 11.5. The van der Waals surface area contributed by atoms with Gasteiger partial charge in [-0.1, -0.05) is 54.6 Å². The van der Waals surface area contributed by atoms with Gasteiger partial charge < -0.3 is 14.6 Å². The number of ether oxygens (including phenoxy) is 2. The van der Waals surface area contributed by atoms with Crippen molar-refractivity contribution >= 4 is 17.5 Å². The van der Waals surface area contributed by atoms with Crippen LogP contribution < -0.4 is 14.5 Å². The highest BCUT2D eigenvalue weighted by Gasteiger charge is 2.28. The highest BCUT2D eigenvalue weighted by atomic mass is 16.5. The number of aliphatic hydroxyl groups is 1. The van der Waals surface area contributed by atoms with Crippen molar-refractivity contribution in [1.29, 1.82) is 0 Å². The molecule has 0 spiro atoms. The molecule has 0 saturated heterocycles. The Balaban J connectivity index is 1.54. The van der Waals surface area contributed by atoms with Crippen molar-refractivity contribution in [2.75, 3.05) is 12.1 Å². The van der Waals surface area contributed by atoms with Crippen LogP contribution >= 0.6 is 0 Å². The summed E-state index contributed by atoms with van der Waals surface area (Å²) in [4.78, 5) is 0. The number of benzene rings is 3. The molecule has 1 aliphatic heterocycles. The molecular formula is C25H24N2O3. The average molecular weight is 400 g/mol. The molecule has 4 rings (SSSR count). The van der Waals surface area contributed by atoms with Crippen molar-refractivity contribution in [3.8, 4) is 11.5 Å². The van der Waals surface area contributed by atoms with Crippen LogP contribution in [0.5, 0.6) is 11.5 Å². The Hall–Kier alpha value is -3.57. The highest BCUT2D eigenvalue weighted by molar-refractivity contribution is 6.06. The molecule has 0 aliphatic carbocycles. The molecule has 152 valence electrons. The van der Waals surface area contributed by atoms with Gasteiger partial charge in [-0.3, -0.25) is 0 Å². The summed E-state index contributed by atoms with van der Waals surface area (Å²) in [6, 6.07) is 25.4. The van der Waals surface area contributed by atoms with E-state index >= 15 is 0 Å². The van der Waals surface area contributed by atoms with Crippen molar-refractivity contribution < 1.29 is 14.6 Å². The summed E-state index contributed by atoms with van der Waals surface area (Å²) in [5, 5.41) is 16.9. The first-order valence-electron chi connectivity index (χ1n) is 9.80. The van der Waals surface area contributed by atoms with Crippen LogP contribution in [0.15, 0.2) is 89.5 Å². The number of rotatable bonds is 6. The van der Waals surface area contributed by atoms with Crippen molar-refractivity contribution in [3.63, 3.8) is 0 Å². The predicted molar refractivity (Wildman–Crippen MR) is 120 cm³/mol. The summed E-state index contributed by atoms with van der Waals surface area (Å²) in [6.07, 6.45) is 1.09. The summed E-state index contributed by atoms with van der Waals surface area (Å²) >= 11 is 0. The van der Waals surface area contributed by atoms with Gasteiger partial charge in [0.25, 0.3) is 0 Å². The number of hydrogen-bond donors (Lipinski definition) is 1. The second kappa shape index (κ2) is 8.84. The third-order valence-corrected chi connectivity index (χ3v) is 4.95. The van der Waals surface area contributed by atoms with Crippen LogP contribution in [-0.4, -0.2) is 24.2 Å². The maximum absolute atomic E-state index is 10.8. The van der Waals surface area contributed by atoms with Crippen molar-refractivity contribution in [1.82, 2.24) is 0 Å². The Kier molecular flexibility index (Phi) is 5.82. The molecule has 1 aliphatic rings. The summed E-state index contributed by atoms with van der Waals surface area (Å²) in [6.45, 7) is 2.36. The Labute approximate surface area is 176 Å². The molecule has 1 unspecified atom stereocenters. The fourth-order valence-electron chi connectivity index (χ4n) is 3.36. The van der Waals surface area contributed by atoms with Crippen LogP contribution in [0.1, 0.15) is 18.1 Å². The minimum Gasteiger partial charge on any atom is -0.493 e. The first-order chi connectivity index (χ1) is 14.7. The quantitative estimate of drug-likeness (QED) is 0.641. The second-order valence-electron chi connectivity index (χ2n) is 7.02. The first-order valence-corrected chi connectivity index (χ1v) is 9.80. The molecule has 0 fully saturated rings. The van der Waals surface area contributed by atoms with Crippen LogP contribution in [0.3, 0.4) is 0 Å². The fourth-order valence-corrected chi connectivity index (χ4v) is 3.36. The van der Waals surface area contributed by atoms with Gasteiger partial charge in [0.1, 0.15) is 6.61 Å². The normalized spacial score (nSPS) is 17.2. The van der Waals surface area contributed by atoms with Gasteiger partial charge >= 0.3 is 0 Å². The topological polar surface area (TPSA) is 54.3 Å². The van der Waals surface area contributed by atoms with Crippen LogP contribution in [-0.2, 0) is 6.61 Å². The maximum atomic E-state index is 10.8. The van der Waals surface area contributed by atoms with Gasteiger partial charge in [0.05, 0.1) is 18.5 Å². The Morgan fingerprint density at radius 1 is 0.967 bits per heavy atom. The molecule has 0 bridgehead atoms. The SMILES string of the molecule is COc1cc(C=C2C(C)=NN(c3ccccc3)C2O)ccc1OCc1ccccc1. The Bertz CT molecular complexity index is 1060. The zero-order valence-corrected chi connectivity index (χ0v) is 17.0. The maximum Gasteiger partial charge on any atom is 0.175 e. The van der Waals surface area contributed by atoms with Gasteiger partial charge in [0, 0.05) is 5.57 Å². The van der Waals surface area contributed by atoms with Gasteiger partial charge in [0.15, 0.2) is 17.7 Å². The number of aliphatic hydroxyl groups excluding tert-OH is 1. The lowest BCUT2D eigenvalue weighted by molar-refractivity contribution is 0.219. The molecule has 1 N–H and O–H groups in total. The van der Waals surface area contributed by atoms with E-state index in [1.54, 1.807) is 12.1 Å². The standard InChI is InChI=1S/C25H24N2O3/c1-18-22(25(28)27(26-18)21-11-7-4-8-12-21)15-20-13-14-23(24(16-20)29-2)30-17-19-9-5-3-6-10-19/h3-16,25,28H,17H2,1-2H3. The van der Waals surface area contributed by atoms with E-state index in [-0.39, 0.29) is 0 Å². The molecule has 1 heterocycles. The van der Waals surface area contributed by atoms with E-state index in [2.05, 4.69) is 5.10 Å². The lowest BCUT2D eigenvalue weighted by Gasteiger charge is -2.19. The average Bonchev–Trinajstić information content (AvgIpc) is 3.07. The van der Waals surface area contributed by atoms with E-state index in [0.717, 1.165) is 28.1 Å². The molecule has 0 saturated carbocycles. The van der Waals surface area contributed by atoms with Crippen LogP contribution in [0, 0.1) is 0 Å². The molecule has 1 atom stereocenters. The monoisotopic (exact) mass is 400 g/mol. The molecule has 0 amide bonds. The number of anilines is 1. The van der Waals surface area contributed by atoms with Gasteiger partial charge in [-0.05, 0) is 48.4 Å². The van der Waals surface area contributed by atoms with Crippen molar-refractivity contribution in [3.05, 3.63) is 95.6 Å². The number of hydrazone groups is 1. The smallest absolute Gasteiger partial charge is 0.175 e. The van der Waals surface area contributed by atoms with Crippen LogP contribution in [0.25, 0.3) is 6.08 Å². The zero-order chi connectivity index (χ0) is 20.9. The van der Waals surface area contributed by atoms with Crippen molar-refractivity contribution in [2.24, 2.45) is 5.10 Å². The fraction of sp³-hybridized carbons (Fsp3) is 0.160. The predicted octanol–water partition coefficient (Wildman–Crippen LogP) is 4.87. The summed E-state index contributed by atoms with van der Waals surface area (Å²) in [7, 11) is 1.62. The second-order valence-corrected chi connectivity index (χ2v) is 7.02. The van der Waals surface area contributed by atoms with Gasteiger partial charge in [-0.2, -0.15) is 5.10 Å². The summed E-state index contributed by atoms with van der Waals surface area (Å²) in [5.41, 5.74) is 4.36. The van der Waals surface area contributed by atoms with Crippen LogP contribution in [0.2, 0.25) is 0 Å². The minimum absolute atomic E-state index is 0.466. The molecule has 5 nitrogen and oxygen atoms in total. The molecule has 0 radical (unpaired) electrons. The molecule has 5 heteroatoms. The van der Waals surface area contributed by atoms with Gasteiger partial charge in [0.2, 0.25) is 0 Å². The number of hydrogen-bond acceptors (Lipinski definition) is 5. The molecule has 3 aromatic rings. The highest BCUT2D eigenvalue weighted by Crippen LogP contribution is 2.32. The Morgan fingerprint density at radius 2 is 1.67 bits per heavy atom. The molecular weight excluding hydrogens is 376 g/mol. The molecule has 3 aromatic carbocycles. The van der Waals surface area contributed by atoms with E-state index in [4.69, 9.17) is 9.47 Å². The third-order valence-electron chi connectivity index (χ3n) is 4.95. The van der Waals surface area contributed by atoms with Gasteiger partial charge in [-0.15, -0.1) is 0 Å². The van der Waals surface area contributed by atoms with E-state index < -0.39 is 6.23 Å². The van der Waals surface area contributed by atoms with E-state index in [1.165, 1.54) is 0 Å². The van der Waals surface area contributed by atoms with Crippen LogP contribution in [0.4, 0.5) is 5.69 Å². The van der Waals surface area contributed by atoms with Gasteiger partial charge in [-0.25, -0.2) is 5.01 Å². The third kappa shape index (κ3) is 4.21. The van der Waals surface area contributed by atoms with E-state index in [9.17, 15) is 5.11 Å². The number of nitrogens with zero attached hydrogens (tertiary/aromatic N) is 2. The van der Waals surface area contributed by atoms with E-state index in [0.29, 0.717) is 18.1 Å². The van der Waals surface area contributed by atoms with E-state index in [1.807, 2.05) is 91.9 Å². The number of methoxy groups -OCH3 is 1. The van der Waals surface area contributed by atoms with Crippen molar-refractivity contribution in [2.45, 2.75) is 19.8 Å². The minimum atomic E-state index is -0.840.